The van der Waals surface area contributed by atoms with Gasteiger partial charge < -0.3 is 5.32 Å². The SMILES string of the molecule is CCNCC(CC)(CC)Cc1cc(Cl)ccc1F. The van der Waals surface area contributed by atoms with Crippen LogP contribution in [0.5, 0.6) is 0 Å². The molecule has 0 saturated carbocycles. The van der Waals surface area contributed by atoms with Gasteiger partial charge in [0.05, 0.1) is 0 Å². The lowest BCUT2D eigenvalue weighted by atomic mass is 9.76. The van der Waals surface area contributed by atoms with Crippen LogP contribution in [0.15, 0.2) is 18.2 Å². The summed E-state index contributed by atoms with van der Waals surface area (Å²) >= 11 is 5.95. The average Bonchev–Trinajstić information content (AvgIpc) is 2.39. The lowest BCUT2D eigenvalue weighted by Crippen LogP contribution is -2.35. The topological polar surface area (TPSA) is 12.0 Å². The minimum absolute atomic E-state index is 0.113. The van der Waals surface area contributed by atoms with Crippen molar-refractivity contribution in [1.29, 1.82) is 0 Å². The Morgan fingerprint density at radius 3 is 2.44 bits per heavy atom. The van der Waals surface area contributed by atoms with Crippen molar-refractivity contribution in [2.24, 2.45) is 5.41 Å². The molecule has 1 aromatic rings. The van der Waals surface area contributed by atoms with Gasteiger partial charge in [-0.15, -0.1) is 0 Å². The number of nitrogens with one attached hydrogen (secondary N) is 1. The van der Waals surface area contributed by atoms with Gasteiger partial charge in [-0.05, 0) is 55.0 Å². The van der Waals surface area contributed by atoms with Crippen molar-refractivity contribution in [3.05, 3.63) is 34.6 Å². The molecule has 0 bridgehead atoms. The third-order valence-electron chi connectivity index (χ3n) is 3.82. The molecule has 1 rings (SSSR count). The number of hydrogen-bond acceptors (Lipinski definition) is 1. The summed E-state index contributed by atoms with van der Waals surface area (Å²) < 4.78 is 13.8. The van der Waals surface area contributed by atoms with Crippen molar-refractivity contribution < 1.29 is 4.39 Å². The molecule has 18 heavy (non-hydrogen) atoms. The van der Waals surface area contributed by atoms with Crippen LogP contribution >= 0.6 is 11.6 Å². The minimum Gasteiger partial charge on any atom is -0.316 e. The number of benzene rings is 1. The fourth-order valence-corrected chi connectivity index (χ4v) is 2.48. The molecule has 0 radical (unpaired) electrons. The number of halogens is 2. The van der Waals surface area contributed by atoms with Crippen molar-refractivity contribution in [3.63, 3.8) is 0 Å². The second-order valence-corrected chi connectivity index (χ2v) is 5.34. The first-order valence-corrected chi connectivity index (χ1v) is 7.09. The van der Waals surface area contributed by atoms with E-state index in [0.717, 1.165) is 37.9 Å². The van der Waals surface area contributed by atoms with Crippen LogP contribution < -0.4 is 5.32 Å². The zero-order chi connectivity index (χ0) is 13.6. The summed E-state index contributed by atoms with van der Waals surface area (Å²) in [5.41, 5.74) is 0.839. The van der Waals surface area contributed by atoms with E-state index in [4.69, 9.17) is 11.6 Å². The fraction of sp³-hybridized carbons (Fsp3) is 0.600. The second kappa shape index (κ2) is 7.10. The van der Waals surface area contributed by atoms with Gasteiger partial charge in [0.2, 0.25) is 0 Å². The predicted molar refractivity (Wildman–Crippen MR) is 76.7 cm³/mol. The molecule has 1 nitrogen and oxygen atoms in total. The summed E-state index contributed by atoms with van der Waals surface area (Å²) in [6, 6.07) is 4.81. The van der Waals surface area contributed by atoms with Gasteiger partial charge in [-0.2, -0.15) is 0 Å². The smallest absolute Gasteiger partial charge is 0.126 e. The van der Waals surface area contributed by atoms with E-state index in [-0.39, 0.29) is 11.2 Å². The van der Waals surface area contributed by atoms with Crippen LogP contribution in [0.1, 0.15) is 39.2 Å². The lowest BCUT2D eigenvalue weighted by Gasteiger charge is -2.32. The van der Waals surface area contributed by atoms with Gasteiger partial charge in [-0.1, -0.05) is 32.4 Å². The zero-order valence-corrected chi connectivity index (χ0v) is 12.3. The molecule has 0 fully saturated rings. The highest BCUT2D eigenvalue weighted by molar-refractivity contribution is 6.30. The molecule has 0 aliphatic rings. The molecule has 3 heteroatoms. The average molecular weight is 272 g/mol. The molecule has 0 aliphatic carbocycles. The third kappa shape index (κ3) is 3.96. The lowest BCUT2D eigenvalue weighted by molar-refractivity contribution is 0.245. The largest absolute Gasteiger partial charge is 0.316 e. The van der Waals surface area contributed by atoms with Gasteiger partial charge in [0.1, 0.15) is 5.82 Å². The third-order valence-corrected chi connectivity index (χ3v) is 4.06. The Bertz CT molecular complexity index is 375. The molecule has 0 atom stereocenters. The van der Waals surface area contributed by atoms with Crippen LogP contribution in [0, 0.1) is 11.2 Å². The molecule has 0 aliphatic heterocycles. The van der Waals surface area contributed by atoms with Gasteiger partial charge in [0.15, 0.2) is 0 Å². The Kier molecular flexibility index (Phi) is 6.10. The Morgan fingerprint density at radius 2 is 1.89 bits per heavy atom. The monoisotopic (exact) mass is 271 g/mol. The first kappa shape index (κ1) is 15.5. The predicted octanol–water partition coefficient (Wildman–Crippen LogP) is 4.44. The zero-order valence-electron chi connectivity index (χ0n) is 11.5. The maximum absolute atomic E-state index is 13.8. The van der Waals surface area contributed by atoms with Gasteiger partial charge in [-0.3, -0.25) is 0 Å². The fourth-order valence-electron chi connectivity index (χ4n) is 2.29. The van der Waals surface area contributed by atoms with Crippen LogP contribution in [0.25, 0.3) is 0 Å². The Labute approximate surface area is 115 Å². The van der Waals surface area contributed by atoms with Crippen molar-refractivity contribution in [1.82, 2.24) is 5.32 Å². The summed E-state index contributed by atoms with van der Waals surface area (Å²) in [5, 5.41) is 4.00. The van der Waals surface area contributed by atoms with E-state index in [9.17, 15) is 4.39 Å². The molecule has 0 saturated heterocycles. The van der Waals surface area contributed by atoms with E-state index in [2.05, 4.69) is 26.1 Å². The normalized spacial score (nSPS) is 11.8. The van der Waals surface area contributed by atoms with E-state index in [0.29, 0.717) is 5.02 Å². The summed E-state index contributed by atoms with van der Waals surface area (Å²) in [5.74, 6) is -0.151. The summed E-state index contributed by atoms with van der Waals surface area (Å²) in [7, 11) is 0. The number of hydrogen-bond donors (Lipinski definition) is 1. The summed E-state index contributed by atoms with van der Waals surface area (Å²) in [6.45, 7) is 8.30. The summed E-state index contributed by atoms with van der Waals surface area (Å²) in [6.07, 6.45) is 2.80. The van der Waals surface area contributed by atoms with E-state index >= 15 is 0 Å². The minimum atomic E-state index is -0.151. The van der Waals surface area contributed by atoms with Crippen LogP contribution in [0.3, 0.4) is 0 Å². The molecular weight excluding hydrogens is 249 g/mol. The van der Waals surface area contributed by atoms with Gasteiger partial charge in [0.25, 0.3) is 0 Å². The Hall–Kier alpha value is -0.600. The molecule has 102 valence electrons. The maximum Gasteiger partial charge on any atom is 0.126 e. The number of rotatable bonds is 7. The Morgan fingerprint density at radius 1 is 1.22 bits per heavy atom. The van der Waals surface area contributed by atoms with E-state index < -0.39 is 0 Å². The van der Waals surface area contributed by atoms with Crippen LogP contribution in [-0.4, -0.2) is 13.1 Å². The van der Waals surface area contributed by atoms with Crippen molar-refractivity contribution >= 4 is 11.6 Å². The highest BCUT2D eigenvalue weighted by Crippen LogP contribution is 2.32. The molecule has 0 spiro atoms. The van der Waals surface area contributed by atoms with E-state index in [1.807, 2.05) is 0 Å². The first-order valence-electron chi connectivity index (χ1n) is 6.71. The van der Waals surface area contributed by atoms with Crippen LogP contribution in [0.4, 0.5) is 4.39 Å². The molecule has 0 unspecified atom stereocenters. The van der Waals surface area contributed by atoms with Gasteiger partial charge >= 0.3 is 0 Å². The van der Waals surface area contributed by atoms with Crippen LogP contribution in [0.2, 0.25) is 5.02 Å². The van der Waals surface area contributed by atoms with Crippen molar-refractivity contribution in [3.8, 4) is 0 Å². The molecular formula is C15H23ClFN. The van der Waals surface area contributed by atoms with Crippen molar-refractivity contribution in [2.45, 2.75) is 40.0 Å². The highest BCUT2D eigenvalue weighted by atomic mass is 35.5. The Balaban J connectivity index is 2.91. The quantitative estimate of drug-likeness (QED) is 0.773. The van der Waals surface area contributed by atoms with Crippen LogP contribution in [-0.2, 0) is 6.42 Å². The van der Waals surface area contributed by atoms with E-state index in [1.54, 1.807) is 12.1 Å². The summed E-state index contributed by atoms with van der Waals surface area (Å²) in [4.78, 5) is 0. The van der Waals surface area contributed by atoms with E-state index in [1.165, 1.54) is 6.07 Å². The van der Waals surface area contributed by atoms with Gasteiger partial charge in [0, 0.05) is 11.6 Å². The standard InChI is InChI=1S/C15H23ClFN/c1-4-15(5-2,11-18-6-3)10-12-9-13(16)7-8-14(12)17/h7-9,18H,4-6,10-11H2,1-3H3. The molecule has 0 amide bonds. The molecule has 0 heterocycles. The van der Waals surface area contributed by atoms with Gasteiger partial charge in [-0.25, -0.2) is 4.39 Å². The second-order valence-electron chi connectivity index (χ2n) is 4.90. The van der Waals surface area contributed by atoms with Crippen molar-refractivity contribution in [2.75, 3.05) is 13.1 Å². The molecule has 1 aromatic carbocycles. The molecule has 1 N–H and O–H groups in total. The highest BCUT2D eigenvalue weighted by Gasteiger charge is 2.27. The molecule has 0 aromatic heterocycles. The maximum atomic E-state index is 13.8. The first-order chi connectivity index (χ1) is 8.56.